The van der Waals surface area contributed by atoms with Crippen LogP contribution in [0.25, 0.3) is 0 Å². The molecule has 0 aliphatic carbocycles. The zero-order valence-corrected chi connectivity index (χ0v) is 12.0. The Morgan fingerprint density at radius 2 is 1.95 bits per heavy atom. The summed E-state index contributed by atoms with van der Waals surface area (Å²) in [6.45, 7) is 0. The van der Waals surface area contributed by atoms with Gasteiger partial charge in [0.2, 0.25) is 0 Å². The standard InChI is InChI=1S/C14H8Cl2FNS/c15-11-1-2-13(16)14(6-11)19-8-10-3-9(7-18)4-12(17)5-10/h1-6H,8H2. The highest BCUT2D eigenvalue weighted by Gasteiger charge is 2.05. The van der Waals surface area contributed by atoms with Gasteiger partial charge in [-0.1, -0.05) is 23.2 Å². The van der Waals surface area contributed by atoms with E-state index >= 15 is 0 Å². The molecule has 96 valence electrons. The molecule has 0 saturated heterocycles. The molecule has 0 atom stereocenters. The van der Waals surface area contributed by atoms with Crippen molar-refractivity contribution in [2.24, 2.45) is 0 Å². The van der Waals surface area contributed by atoms with E-state index in [0.717, 1.165) is 10.5 Å². The highest BCUT2D eigenvalue weighted by atomic mass is 35.5. The van der Waals surface area contributed by atoms with E-state index in [2.05, 4.69) is 0 Å². The first-order valence-electron chi connectivity index (χ1n) is 5.36. The summed E-state index contributed by atoms with van der Waals surface area (Å²) in [7, 11) is 0. The van der Waals surface area contributed by atoms with Crippen molar-refractivity contribution in [3.05, 3.63) is 63.4 Å². The van der Waals surface area contributed by atoms with Crippen molar-refractivity contribution >= 4 is 35.0 Å². The Bertz CT molecular complexity index is 652. The summed E-state index contributed by atoms with van der Waals surface area (Å²) < 4.78 is 13.3. The molecule has 0 fully saturated rings. The number of nitriles is 1. The molecule has 0 radical (unpaired) electrons. The average Bonchev–Trinajstić information content (AvgIpc) is 2.39. The summed E-state index contributed by atoms with van der Waals surface area (Å²) in [5.41, 5.74) is 1.05. The Hall–Kier alpha value is -1.21. The quantitative estimate of drug-likeness (QED) is 0.718. The van der Waals surface area contributed by atoms with Gasteiger partial charge in [0.05, 0.1) is 16.7 Å². The first kappa shape index (κ1) is 14.2. The van der Waals surface area contributed by atoms with E-state index in [9.17, 15) is 4.39 Å². The molecule has 2 rings (SSSR count). The van der Waals surface area contributed by atoms with Gasteiger partial charge < -0.3 is 0 Å². The molecule has 1 nitrogen and oxygen atoms in total. The highest BCUT2D eigenvalue weighted by molar-refractivity contribution is 7.98. The predicted molar refractivity (Wildman–Crippen MR) is 77.1 cm³/mol. The van der Waals surface area contributed by atoms with Crippen molar-refractivity contribution in [2.75, 3.05) is 0 Å². The molecule has 0 bridgehead atoms. The molecule has 19 heavy (non-hydrogen) atoms. The average molecular weight is 312 g/mol. The number of benzene rings is 2. The SMILES string of the molecule is N#Cc1cc(F)cc(CSc2cc(Cl)ccc2Cl)c1. The maximum Gasteiger partial charge on any atom is 0.124 e. The molecule has 0 aliphatic rings. The molecular weight excluding hydrogens is 304 g/mol. The van der Waals surface area contributed by atoms with E-state index in [0.29, 0.717) is 21.4 Å². The summed E-state index contributed by atoms with van der Waals surface area (Å²) in [5, 5.41) is 9.99. The van der Waals surface area contributed by atoms with Crippen LogP contribution in [0.3, 0.4) is 0 Å². The van der Waals surface area contributed by atoms with Crippen LogP contribution in [0.15, 0.2) is 41.3 Å². The lowest BCUT2D eigenvalue weighted by Gasteiger charge is -2.05. The minimum absolute atomic E-state index is 0.313. The van der Waals surface area contributed by atoms with E-state index in [1.165, 1.54) is 23.9 Å². The number of nitrogens with zero attached hydrogens (tertiary/aromatic N) is 1. The van der Waals surface area contributed by atoms with E-state index in [-0.39, 0.29) is 0 Å². The van der Waals surface area contributed by atoms with E-state index in [1.54, 1.807) is 24.3 Å². The van der Waals surface area contributed by atoms with Crippen LogP contribution >= 0.6 is 35.0 Å². The van der Waals surface area contributed by atoms with E-state index in [4.69, 9.17) is 28.5 Å². The van der Waals surface area contributed by atoms with Crippen molar-refractivity contribution in [3.63, 3.8) is 0 Å². The van der Waals surface area contributed by atoms with E-state index in [1.807, 2.05) is 6.07 Å². The van der Waals surface area contributed by atoms with Crippen LogP contribution in [0.4, 0.5) is 4.39 Å². The summed E-state index contributed by atoms with van der Waals surface area (Å²) in [6, 6.07) is 11.4. The lowest BCUT2D eigenvalue weighted by atomic mass is 10.1. The van der Waals surface area contributed by atoms with Gasteiger partial charge in [-0.15, -0.1) is 11.8 Å². The Labute approximate surface area is 125 Å². The predicted octanol–water partition coefficient (Wildman–Crippen LogP) is 5.30. The maximum atomic E-state index is 13.3. The van der Waals surface area contributed by atoms with Gasteiger partial charge in [-0.3, -0.25) is 0 Å². The fourth-order valence-electron chi connectivity index (χ4n) is 1.55. The van der Waals surface area contributed by atoms with Crippen LogP contribution in [-0.2, 0) is 5.75 Å². The third-order valence-electron chi connectivity index (χ3n) is 2.37. The second-order valence-electron chi connectivity index (χ2n) is 3.82. The van der Waals surface area contributed by atoms with Gasteiger partial charge >= 0.3 is 0 Å². The van der Waals surface area contributed by atoms with Crippen LogP contribution in [-0.4, -0.2) is 0 Å². The van der Waals surface area contributed by atoms with Gasteiger partial charge in [-0.05, 0) is 42.0 Å². The molecule has 0 saturated carbocycles. The smallest absolute Gasteiger partial charge is 0.124 e. The topological polar surface area (TPSA) is 23.8 Å². The molecule has 5 heteroatoms. The first-order chi connectivity index (χ1) is 9.08. The molecule has 0 aromatic heterocycles. The Morgan fingerprint density at radius 3 is 2.68 bits per heavy atom. The van der Waals surface area contributed by atoms with Gasteiger partial charge in [-0.25, -0.2) is 4.39 Å². The summed E-state index contributed by atoms with van der Waals surface area (Å²) >= 11 is 13.4. The monoisotopic (exact) mass is 311 g/mol. The van der Waals surface area contributed by atoms with Crippen LogP contribution in [0.5, 0.6) is 0 Å². The van der Waals surface area contributed by atoms with Crippen LogP contribution in [0.2, 0.25) is 10.0 Å². The highest BCUT2D eigenvalue weighted by Crippen LogP contribution is 2.32. The van der Waals surface area contributed by atoms with Gasteiger partial charge in [0.15, 0.2) is 0 Å². The Balaban J connectivity index is 2.17. The third kappa shape index (κ3) is 3.87. The Morgan fingerprint density at radius 1 is 1.16 bits per heavy atom. The van der Waals surface area contributed by atoms with Crippen molar-refractivity contribution in [1.29, 1.82) is 5.26 Å². The van der Waals surface area contributed by atoms with Gasteiger partial charge in [0, 0.05) is 15.7 Å². The molecule has 0 N–H and O–H groups in total. The van der Waals surface area contributed by atoms with Crippen molar-refractivity contribution in [1.82, 2.24) is 0 Å². The number of thioether (sulfide) groups is 1. The number of hydrogen-bond acceptors (Lipinski definition) is 2. The fraction of sp³-hybridized carbons (Fsp3) is 0.0714. The molecule has 2 aromatic carbocycles. The minimum Gasteiger partial charge on any atom is -0.207 e. The fourth-order valence-corrected chi connectivity index (χ4v) is 2.97. The lowest BCUT2D eigenvalue weighted by Crippen LogP contribution is -1.87. The third-order valence-corrected chi connectivity index (χ3v) is 4.18. The van der Waals surface area contributed by atoms with Gasteiger partial charge in [-0.2, -0.15) is 5.26 Å². The molecule has 0 amide bonds. The number of rotatable bonds is 3. The van der Waals surface area contributed by atoms with Crippen LogP contribution in [0, 0.1) is 17.1 Å². The molecule has 0 spiro atoms. The molecule has 0 unspecified atom stereocenters. The summed E-state index contributed by atoms with van der Waals surface area (Å²) in [5.74, 6) is 0.110. The largest absolute Gasteiger partial charge is 0.207 e. The summed E-state index contributed by atoms with van der Waals surface area (Å²) in [6.07, 6.45) is 0. The summed E-state index contributed by atoms with van der Waals surface area (Å²) in [4.78, 5) is 0.830. The zero-order valence-electron chi connectivity index (χ0n) is 9.66. The molecule has 2 aromatic rings. The van der Waals surface area contributed by atoms with Crippen LogP contribution < -0.4 is 0 Å². The second kappa shape index (κ2) is 6.29. The van der Waals surface area contributed by atoms with Crippen molar-refractivity contribution in [2.45, 2.75) is 10.6 Å². The minimum atomic E-state index is -0.410. The molecule has 0 heterocycles. The first-order valence-corrected chi connectivity index (χ1v) is 7.10. The van der Waals surface area contributed by atoms with Crippen LogP contribution in [0.1, 0.15) is 11.1 Å². The van der Waals surface area contributed by atoms with Gasteiger partial charge in [0.1, 0.15) is 5.82 Å². The normalized spacial score (nSPS) is 10.2. The molecular formula is C14H8Cl2FNS. The van der Waals surface area contributed by atoms with Gasteiger partial charge in [0.25, 0.3) is 0 Å². The molecule has 0 aliphatic heterocycles. The van der Waals surface area contributed by atoms with Crippen molar-refractivity contribution in [3.8, 4) is 6.07 Å². The zero-order chi connectivity index (χ0) is 13.8. The number of hydrogen-bond donors (Lipinski definition) is 0. The maximum absolute atomic E-state index is 13.3. The van der Waals surface area contributed by atoms with Crippen molar-refractivity contribution < 1.29 is 4.39 Å². The van der Waals surface area contributed by atoms with E-state index < -0.39 is 5.82 Å². The number of halogens is 3. The Kier molecular flexibility index (Phi) is 4.71. The lowest BCUT2D eigenvalue weighted by molar-refractivity contribution is 0.626. The second-order valence-corrected chi connectivity index (χ2v) is 5.68.